The fourth-order valence-corrected chi connectivity index (χ4v) is 1.86. The molecule has 0 spiro atoms. The third-order valence-electron chi connectivity index (χ3n) is 2.26. The SMILES string of the molecule is CCc1cc(CNS(C)(=O)=O)ccc1OC. The van der Waals surface area contributed by atoms with E-state index in [9.17, 15) is 8.42 Å². The molecule has 0 bridgehead atoms. The van der Waals surface area contributed by atoms with Gasteiger partial charge in [0.15, 0.2) is 0 Å². The van der Waals surface area contributed by atoms with Crippen LogP contribution in [0.5, 0.6) is 5.75 Å². The minimum absolute atomic E-state index is 0.315. The van der Waals surface area contributed by atoms with Gasteiger partial charge in [0.1, 0.15) is 5.75 Å². The highest BCUT2D eigenvalue weighted by Gasteiger charge is 2.04. The molecular formula is C11H17NO3S. The molecular weight excluding hydrogens is 226 g/mol. The Morgan fingerprint density at radius 1 is 1.38 bits per heavy atom. The molecule has 5 heteroatoms. The van der Waals surface area contributed by atoms with Crippen LogP contribution in [-0.2, 0) is 23.0 Å². The van der Waals surface area contributed by atoms with Crippen molar-refractivity contribution in [3.05, 3.63) is 29.3 Å². The molecule has 0 aliphatic rings. The minimum atomic E-state index is -3.14. The zero-order valence-corrected chi connectivity index (χ0v) is 10.6. The van der Waals surface area contributed by atoms with E-state index in [0.29, 0.717) is 6.54 Å². The van der Waals surface area contributed by atoms with Crippen LogP contribution in [0.25, 0.3) is 0 Å². The molecule has 0 aromatic heterocycles. The van der Waals surface area contributed by atoms with E-state index in [2.05, 4.69) is 4.72 Å². The topological polar surface area (TPSA) is 55.4 Å². The van der Waals surface area contributed by atoms with E-state index >= 15 is 0 Å². The number of methoxy groups -OCH3 is 1. The van der Waals surface area contributed by atoms with E-state index in [4.69, 9.17) is 4.74 Å². The second-order valence-corrected chi connectivity index (χ2v) is 5.43. The number of ether oxygens (including phenoxy) is 1. The molecule has 4 nitrogen and oxygen atoms in total. The van der Waals surface area contributed by atoms with Gasteiger partial charge in [-0.05, 0) is 23.6 Å². The van der Waals surface area contributed by atoms with Crippen molar-refractivity contribution in [3.63, 3.8) is 0 Å². The summed E-state index contributed by atoms with van der Waals surface area (Å²) in [6.07, 6.45) is 2.01. The molecule has 0 saturated carbocycles. The van der Waals surface area contributed by atoms with Gasteiger partial charge in [0.2, 0.25) is 10.0 Å². The molecule has 0 amide bonds. The lowest BCUT2D eigenvalue weighted by molar-refractivity contribution is 0.410. The molecule has 1 rings (SSSR count). The molecule has 1 aromatic carbocycles. The van der Waals surface area contributed by atoms with Crippen molar-refractivity contribution in [2.24, 2.45) is 0 Å². The van der Waals surface area contributed by atoms with Crippen molar-refractivity contribution in [2.75, 3.05) is 13.4 Å². The number of aryl methyl sites for hydroxylation is 1. The van der Waals surface area contributed by atoms with E-state index in [-0.39, 0.29) is 0 Å². The number of benzene rings is 1. The van der Waals surface area contributed by atoms with E-state index < -0.39 is 10.0 Å². The highest BCUT2D eigenvalue weighted by molar-refractivity contribution is 7.88. The normalized spacial score (nSPS) is 11.4. The minimum Gasteiger partial charge on any atom is -0.496 e. The van der Waals surface area contributed by atoms with Crippen molar-refractivity contribution in [1.29, 1.82) is 0 Å². The molecule has 0 aliphatic carbocycles. The lowest BCUT2D eigenvalue weighted by Gasteiger charge is -2.09. The Balaban J connectivity index is 2.83. The van der Waals surface area contributed by atoms with E-state index in [0.717, 1.165) is 29.6 Å². The first-order valence-electron chi connectivity index (χ1n) is 5.06. The quantitative estimate of drug-likeness (QED) is 0.848. The maximum Gasteiger partial charge on any atom is 0.209 e. The summed E-state index contributed by atoms with van der Waals surface area (Å²) >= 11 is 0. The second kappa shape index (κ2) is 5.32. The van der Waals surface area contributed by atoms with Crippen molar-refractivity contribution in [2.45, 2.75) is 19.9 Å². The van der Waals surface area contributed by atoms with Gasteiger partial charge in [-0.3, -0.25) is 0 Å². The summed E-state index contributed by atoms with van der Waals surface area (Å²) in [6, 6.07) is 5.67. The van der Waals surface area contributed by atoms with Gasteiger partial charge in [-0.1, -0.05) is 19.1 Å². The monoisotopic (exact) mass is 243 g/mol. The predicted molar refractivity (Wildman–Crippen MR) is 64.1 cm³/mol. The molecule has 0 fully saturated rings. The Morgan fingerprint density at radius 2 is 2.06 bits per heavy atom. The van der Waals surface area contributed by atoms with Gasteiger partial charge in [-0.2, -0.15) is 0 Å². The standard InChI is InChI=1S/C11H17NO3S/c1-4-10-7-9(5-6-11(10)15-2)8-12-16(3,13)14/h5-7,12H,4,8H2,1-3H3. The maximum atomic E-state index is 10.9. The van der Waals surface area contributed by atoms with Gasteiger partial charge in [-0.15, -0.1) is 0 Å². The molecule has 90 valence electrons. The number of sulfonamides is 1. The van der Waals surface area contributed by atoms with Crippen LogP contribution in [0.3, 0.4) is 0 Å². The first-order valence-corrected chi connectivity index (χ1v) is 6.96. The molecule has 1 N–H and O–H groups in total. The number of hydrogen-bond donors (Lipinski definition) is 1. The van der Waals surface area contributed by atoms with Crippen LogP contribution in [0.2, 0.25) is 0 Å². The molecule has 0 aliphatic heterocycles. The Bertz CT molecular complexity index is 454. The lowest BCUT2D eigenvalue weighted by atomic mass is 10.1. The van der Waals surface area contributed by atoms with Crippen LogP contribution in [0.1, 0.15) is 18.1 Å². The third-order valence-corrected chi connectivity index (χ3v) is 2.93. The van der Waals surface area contributed by atoms with Crippen LogP contribution in [-0.4, -0.2) is 21.8 Å². The number of hydrogen-bond acceptors (Lipinski definition) is 3. The van der Waals surface area contributed by atoms with Gasteiger partial charge < -0.3 is 4.74 Å². The second-order valence-electron chi connectivity index (χ2n) is 3.59. The predicted octanol–water partition coefficient (Wildman–Crippen LogP) is 1.31. The Kier molecular flexibility index (Phi) is 4.32. The Labute approximate surface area is 96.7 Å². The van der Waals surface area contributed by atoms with Crippen molar-refractivity contribution in [3.8, 4) is 5.75 Å². The summed E-state index contributed by atoms with van der Waals surface area (Å²) in [6.45, 7) is 2.35. The number of rotatable bonds is 5. The molecule has 0 atom stereocenters. The van der Waals surface area contributed by atoms with Gasteiger partial charge in [0.05, 0.1) is 13.4 Å². The molecule has 0 saturated heterocycles. The van der Waals surface area contributed by atoms with Crippen LogP contribution in [0.15, 0.2) is 18.2 Å². The summed E-state index contributed by atoms with van der Waals surface area (Å²) in [5, 5.41) is 0. The fourth-order valence-electron chi connectivity index (χ4n) is 1.43. The average Bonchev–Trinajstić information content (AvgIpc) is 2.25. The average molecular weight is 243 g/mol. The van der Waals surface area contributed by atoms with Crippen LogP contribution >= 0.6 is 0 Å². The summed E-state index contributed by atoms with van der Waals surface area (Å²) in [5.41, 5.74) is 2.01. The number of nitrogens with one attached hydrogen (secondary N) is 1. The summed E-state index contributed by atoms with van der Waals surface area (Å²) < 4.78 is 29.5. The van der Waals surface area contributed by atoms with Crippen LogP contribution in [0, 0.1) is 0 Å². The highest BCUT2D eigenvalue weighted by atomic mass is 32.2. The van der Waals surface area contributed by atoms with Crippen LogP contribution < -0.4 is 9.46 Å². The molecule has 0 heterocycles. The Morgan fingerprint density at radius 3 is 2.56 bits per heavy atom. The molecule has 0 radical (unpaired) electrons. The first kappa shape index (κ1) is 13.0. The van der Waals surface area contributed by atoms with Gasteiger partial charge in [-0.25, -0.2) is 13.1 Å². The van der Waals surface area contributed by atoms with Gasteiger partial charge in [0.25, 0.3) is 0 Å². The van der Waals surface area contributed by atoms with E-state index in [1.54, 1.807) is 7.11 Å². The zero-order chi connectivity index (χ0) is 12.2. The molecule has 0 unspecified atom stereocenters. The highest BCUT2D eigenvalue weighted by Crippen LogP contribution is 2.20. The largest absolute Gasteiger partial charge is 0.496 e. The smallest absolute Gasteiger partial charge is 0.209 e. The van der Waals surface area contributed by atoms with Crippen LogP contribution in [0.4, 0.5) is 0 Å². The van der Waals surface area contributed by atoms with Crippen molar-refractivity contribution >= 4 is 10.0 Å². The maximum absolute atomic E-state index is 10.9. The Hall–Kier alpha value is -1.07. The first-order chi connectivity index (χ1) is 7.46. The summed E-state index contributed by atoms with van der Waals surface area (Å²) in [7, 11) is -1.51. The zero-order valence-electron chi connectivity index (χ0n) is 9.78. The van der Waals surface area contributed by atoms with Crippen molar-refractivity contribution in [1.82, 2.24) is 4.72 Å². The van der Waals surface area contributed by atoms with E-state index in [1.165, 1.54) is 0 Å². The summed E-state index contributed by atoms with van der Waals surface area (Å²) in [4.78, 5) is 0. The van der Waals surface area contributed by atoms with Gasteiger partial charge >= 0.3 is 0 Å². The molecule has 16 heavy (non-hydrogen) atoms. The lowest BCUT2D eigenvalue weighted by Crippen LogP contribution is -2.21. The third kappa shape index (κ3) is 3.83. The van der Waals surface area contributed by atoms with E-state index in [1.807, 2.05) is 25.1 Å². The summed E-state index contributed by atoms with van der Waals surface area (Å²) in [5.74, 6) is 0.839. The molecule has 1 aromatic rings. The van der Waals surface area contributed by atoms with Crippen molar-refractivity contribution < 1.29 is 13.2 Å². The van der Waals surface area contributed by atoms with Gasteiger partial charge in [0, 0.05) is 6.54 Å². The fraction of sp³-hybridized carbons (Fsp3) is 0.455.